The van der Waals surface area contributed by atoms with Crippen LogP contribution in [0.15, 0.2) is 46.9 Å². The van der Waals surface area contributed by atoms with Gasteiger partial charge in [-0.05, 0) is 36.4 Å². The Kier molecular flexibility index (Phi) is 7.09. The summed E-state index contributed by atoms with van der Waals surface area (Å²) in [6.07, 6.45) is -6.53. The molecule has 0 saturated heterocycles. The van der Waals surface area contributed by atoms with Crippen LogP contribution in [0.25, 0.3) is 22.4 Å². The highest BCUT2D eigenvalue weighted by Crippen LogP contribution is 2.37. The van der Waals surface area contributed by atoms with Crippen LogP contribution in [0.2, 0.25) is 0 Å². The van der Waals surface area contributed by atoms with Crippen LogP contribution in [-0.4, -0.2) is 34.4 Å². The van der Waals surface area contributed by atoms with E-state index in [-0.39, 0.29) is 45.9 Å². The van der Waals surface area contributed by atoms with Crippen molar-refractivity contribution in [2.45, 2.75) is 25.4 Å². The first-order valence-electron chi connectivity index (χ1n) is 10.6. The smallest absolute Gasteiger partial charge is 0.433 e. The van der Waals surface area contributed by atoms with Crippen LogP contribution in [0.4, 0.5) is 22.0 Å². The number of halogens is 5. The van der Waals surface area contributed by atoms with Gasteiger partial charge < -0.3 is 24.7 Å². The number of carbonyl (C=O) groups is 1. The molecule has 4 aromatic rings. The average molecular weight is 523 g/mol. The number of aliphatic hydroxyl groups is 1. The van der Waals surface area contributed by atoms with Crippen LogP contribution >= 0.6 is 0 Å². The van der Waals surface area contributed by atoms with Crippen molar-refractivity contribution >= 4 is 16.9 Å². The summed E-state index contributed by atoms with van der Waals surface area (Å²) in [4.78, 5) is 20.5. The molecule has 8 nitrogen and oxygen atoms in total. The minimum atomic E-state index is -4.70. The van der Waals surface area contributed by atoms with E-state index in [2.05, 4.69) is 9.97 Å². The highest BCUT2D eigenvalue weighted by atomic mass is 19.4. The second-order valence-corrected chi connectivity index (χ2v) is 7.78. The molecular weight excluding hydrogens is 505 g/mol. The van der Waals surface area contributed by atoms with E-state index < -0.39 is 48.0 Å². The van der Waals surface area contributed by atoms with Gasteiger partial charge in [0.1, 0.15) is 47.2 Å². The average Bonchev–Trinajstić information content (AvgIpc) is 3.24. The maximum absolute atomic E-state index is 13.9. The van der Waals surface area contributed by atoms with E-state index in [4.69, 9.17) is 19.6 Å². The number of hydrogen-bond acceptors (Lipinski definition) is 8. The van der Waals surface area contributed by atoms with Crippen molar-refractivity contribution in [1.82, 2.24) is 9.97 Å². The number of hydrogen-bond donors (Lipinski definition) is 2. The molecule has 2 aromatic heterocycles. The Balaban J connectivity index is 1.74. The summed E-state index contributed by atoms with van der Waals surface area (Å²) in [7, 11) is 1.26. The first-order chi connectivity index (χ1) is 17.5. The van der Waals surface area contributed by atoms with Gasteiger partial charge in [0.05, 0.1) is 7.11 Å². The maximum atomic E-state index is 13.9. The first kappa shape index (κ1) is 26.0. The molecule has 0 bridgehead atoms. The second kappa shape index (κ2) is 10.1. The fourth-order valence-corrected chi connectivity index (χ4v) is 3.51. The quantitative estimate of drug-likeness (QED) is 0.208. The molecule has 1 unspecified atom stereocenters. The van der Waals surface area contributed by atoms with Crippen LogP contribution in [0.5, 0.6) is 5.75 Å². The number of rotatable bonds is 7. The Labute approximate surface area is 205 Å². The molecule has 3 N–H and O–H groups in total. The number of nitrogens with zero attached hydrogens (tertiary/aromatic N) is 2. The lowest BCUT2D eigenvalue weighted by molar-refractivity contribution is -0.140. The zero-order chi connectivity index (χ0) is 26.9. The molecule has 2 aromatic carbocycles. The summed E-state index contributed by atoms with van der Waals surface area (Å²) in [5.41, 5.74) is 3.80. The summed E-state index contributed by atoms with van der Waals surface area (Å²) >= 11 is 0. The molecule has 0 aliphatic rings. The SMILES string of the molecule is COc1ccc(-c2nc(C(=O)OCc3ccc(F)cc3F)c(CC(N)O)o2)c2ccc(C(F)(F)F)nc12. The number of aliphatic hydroxyl groups excluding tert-OH is 1. The summed E-state index contributed by atoms with van der Waals surface area (Å²) in [6.45, 7) is -0.562. The van der Waals surface area contributed by atoms with Crippen molar-refractivity contribution in [2.24, 2.45) is 5.73 Å². The lowest BCUT2D eigenvalue weighted by Gasteiger charge is -2.11. The summed E-state index contributed by atoms with van der Waals surface area (Å²) in [6, 6.07) is 7.42. The Morgan fingerprint density at radius 2 is 1.89 bits per heavy atom. The highest BCUT2D eigenvalue weighted by molar-refractivity contribution is 5.97. The number of oxazole rings is 1. The van der Waals surface area contributed by atoms with Gasteiger partial charge in [-0.15, -0.1) is 0 Å². The minimum Gasteiger partial charge on any atom is -0.494 e. The fraction of sp³-hybridized carbons (Fsp3) is 0.208. The zero-order valence-electron chi connectivity index (χ0n) is 19.0. The molecule has 13 heteroatoms. The van der Waals surface area contributed by atoms with E-state index >= 15 is 0 Å². The van der Waals surface area contributed by atoms with Gasteiger partial charge in [-0.2, -0.15) is 13.2 Å². The number of ether oxygens (including phenoxy) is 2. The summed E-state index contributed by atoms with van der Waals surface area (Å²) in [5.74, 6) is -3.14. The highest BCUT2D eigenvalue weighted by Gasteiger charge is 2.33. The second-order valence-electron chi connectivity index (χ2n) is 7.78. The summed E-state index contributed by atoms with van der Waals surface area (Å²) in [5, 5.41) is 9.80. The van der Waals surface area contributed by atoms with Crippen molar-refractivity contribution < 1.29 is 45.7 Å². The third-order valence-corrected chi connectivity index (χ3v) is 5.22. The predicted molar refractivity (Wildman–Crippen MR) is 118 cm³/mol. The maximum Gasteiger partial charge on any atom is 0.433 e. The van der Waals surface area contributed by atoms with Gasteiger partial charge in [-0.3, -0.25) is 0 Å². The molecule has 0 spiro atoms. The molecular formula is C24H18F5N3O5. The van der Waals surface area contributed by atoms with Gasteiger partial charge in [-0.25, -0.2) is 23.5 Å². The van der Waals surface area contributed by atoms with E-state index in [1.165, 1.54) is 19.2 Å². The van der Waals surface area contributed by atoms with Gasteiger partial charge in [-0.1, -0.05) is 0 Å². The zero-order valence-corrected chi connectivity index (χ0v) is 19.0. The third kappa shape index (κ3) is 5.52. The molecule has 2 heterocycles. The number of benzene rings is 2. The fourth-order valence-electron chi connectivity index (χ4n) is 3.51. The van der Waals surface area contributed by atoms with Crippen molar-refractivity contribution in [1.29, 1.82) is 0 Å². The molecule has 0 amide bonds. The Hall–Kier alpha value is -4.10. The number of carbonyl (C=O) groups excluding carboxylic acids is 1. The number of esters is 1. The number of pyridine rings is 1. The minimum absolute atomic E-state index is 0.0509. The van der Waals surface area contributed by atoms with Crippen molar-refractivity contribution in [2.75, 3.05) is 7.11 Å². The number of methoxy groups -OCH3 is 1. The number of fused-ring (bicyclic) bond motifs is 1. The van der Waals surface area contributed by atoms with Crippen LogP contribution < -0.4 is 10.5 Å². The van der Waals surface area contributed by atoms with Crippen LogP contribution in [0.1, 0.15) is 27.5 Å². The van der Waals surface area contributed by atoms with Crippen molar-refractivity contribution in [3.8, 4) is 17.2 Å². The Morgan fingerprint density at radius 3 is 2.54 bits per heavy atom. The molecule has 0 aliphatic carbocycles. The lowest BCUT2D eigenvalue weighted by atomic mass is 10.1. The largest absolute Gasteiger partial charge is 0.494 e. The van der Waals surface area contributed by atoms with E-state index in [9.17, 15) is 31.9 Å². The number of nitrogens with two attached hydrogens (primary N) is 1. The van der Waals surface area contributed by atoms with Crippen LogP contribution in [0, 0.1) is 11.6 Å². The summed E-state index contributed by atoms with van der Waals surface area (Å²) < 4.78 is 82.5. The molecule has 4 rings (SSSR count). The van der Waals surface area contributed by atoms with Crippen molar-refractivity contribution in [3.05, 3.63) is 76.8 Å². The Bertz CT molecular complexity index is 1470. The van der Waals surface area contributed by atoms with Gasteiger partial charge in [0.15, 0.2) is 5.69 Å². The van der Waals surface area contributed by atoms with Crippen LogP contribution in [-0.2, 0) is 23.9 Å². The molecule has 0 fully saturated rings. The number of alkyl halides is 3. The van der Waals surface area contributed by atoms with E-state index in [0.29, 0.717) is 6.07 Å². The van der Waals surface area contributed by atoms with Gasteiger partial charge in [0.2, 0.25) is 5.89 Å². The van der Waals surface area contributed by atoms with Crippen LogP contribution in [0.3, 0.4) is 0 Å². The van der Waals surface area contributed by atoms with Gasteiger partial charge in [0, 0.05) is 29.0 Å². The van der Waals surface area contributed by atoms with E-state index in [1.54, 1.807) is 0 Å². The topological polar surface area (TPSA) is 121 Å². The predicted octanol–water partition coefficient (Wildman–Crippen LogP) is 4.37. The standard InChI is InChI=1S/C24H18F5N3O5/c1-35-16-6-4-14(13-5-7-18(24(27,28)29)31-20(13)16)22-32-21(17(37-22)9-19(30)33)23(34)36-10-11-2-3-12(25)8-15(11)26/h2-8,19,33H,9-10,30H2,1H3. The normalized spacial score (nSPS) is 12.5. The Morgan fingerprint density at radius 1 is 1.14 bits per heavy atom. The third-order valence-electron chi connectivity index (χ3n) is 5.22. The molecule has 194 valence electrons. The molecule has 37 heavy (non-hydrogen) atoms. The molecule has 0 aliphatic heterocycles. The number of aromatic nitrogens is 2. The molecule has 0 radical (unpaired) electrons. The monoisotopic (exact) mass is 523 g/mol. The van der Waals surface area contributed by atoms with Crippen molar-refractivity contribution in [3.63, 3.8) is 0 Å². The van der Waals surface area contributed by atoms with E-state index in [0.717, 1.165) is 24.3 Å². The molecule has 0 saturated carbocycles. The molecule has 1 atom stereocenters. The first-order valence-corrected chi connectivity index (χ1v) is 10.6. The van der Waals surface area contributed by atoms with Gasteiger partial charge >= 0.3 is 12.1 Å². The van der Waals surface area contributed by atoms with E-state index in [1.807, 2.05) is 0 Å². The lowest BCUT2D eigenvalue weighted by Crippen LogP contribution is -2.22. The van der Waals surface area contributed by atoms with Gasteiger partial charge in [0.25, 0.3) is 0 Å².